The Morgan fingerprint density at radius 2 is 2.25 bits per heavy atom. The molecule has 0 amide bonds. The Kier molecular flexibility index (Phi) is 3.64. The summed E-state index contributed by atoms with van der Waals surface area (Å²) in [5.41, 5.74) is 0.783. The molecule has 0 saturated carbocycles. The number of rotatable bonds is 0. The first-order valence-electron chi connectivity index (χ1n) is 3.29. The molecule has 0 atom stereocenters. The third-order valence-corrected chi connectivity index (χ3v) is 2.05. The zero-order valence-corrected chi connectivity index (χ0v) is 8.62. The van der Waals surface area contributed by atoms with Gasteiger partial charge in [-0.15, -0.1) is 0 Å². The van der Waals surface area contributed by atoms with Crippen molar-refractivity contribution in [2.45, 2.75) is 0 Å². The molecule has 3 heteroatoms. The number of hydrogen-bond acceptors (Lipinski definition) is 1. The summed E-state index contributed by atoms with van der Waals surface area (Å²) in [6.07, 6.45) is 0. The molecular weight excluding hydrogens is 239 g/mol. The summed E-state index contributed by atoms with van der Waals surface area (Å²) in [7, 11) is 0. The highest BCUT2D eigenvalue weighted by Gasteiger charge is 1.96. The third kappa shape index (κ3) is 2.54. The second-order valence-corrected chi connectivity index (χ2v) is 3.25. The van der Waals surface area contributed by atoms with Crippen molar-refractivity contribution >= 4 is 28.6 Å². The monoisotopic (exact) mass is 244 g/mol. The highest BCUT2D eigenvalue weighted by Crippen LogP contribution is 2.16. The molecule has 0 nitrogen and oxygen atoms in total. The van der Waals surface area contributed by atoms with Crippen molar-refractivity contribution in [2.75, 3.05) is 5.75 Å². The Hall–Kier alpha value is -0.460. The van der Waals surface area contributed by atoms with Crippen LogP contribution < -0.4 is 0 Å². The molecule has 1 aromatic carbocycles. The minimum atomic E-state index is -0.265. The lowest BCUT2D eigenvalue weighted by Gasteiger charge is -1.94. The van der Waals surface area contributed by atoms with Crippen LogP contribution in [0.4, 0.5) is 4.39 Å². The van der Waals surface area contributed by atoms with Gasteiger partial charge in [-0.3, -0.25) is 0 Å². The molecule has 0 aliphatic rings. The predicted octanol–water partition coefficient (Wildman–Crippen LogP) is 2.87. The normalized spacial score (nSPS) is 8.92. The highest BCUT2D eigenvalue weighted by molar-refractivity contribution is 9.10. The van der Waals surface area contributed by atoms with Crippen molar-refractivity contribution in [3.8, 4) is 11.8 Å². The van der Waals surface area contributed by atoms with Gasteiger partial charge in [-0.05, 0) is 34.1 Å². The van der Waals surface area contributed by atoms with Crippen LogP contribution in [-0.4, -0.2) is 5.75 Å². The standard InChI is InChI=1S/C9H6BrFS/c10-9-6-8(11)4-3-7(9)2-1-5-12/h3-4,6,12H,5H2. The van der Waals surface area contributed by atoms with E-state index in [1.807, 2.05) is 0 Å². The smallest absolute Gasteiger partial charge is 0.124 e. The molecule has 0 aliphatic heterocycles. The Balaban J connectivity index is 3.01. The number of hydrogen-bond donors (Lipinski definition) is 1. The van der Waals surface area contributed by atoms with E-state index in [0.29, 0.717) is 10.2 Å². The molecule has 0 N–H and O–H groups in total. The molecule has 0 unspecified atom stereocenters. The van der Waals surface area contributed by atoms with Crippen LogP contribution in [0.3, 0.4) is 0 Å². The van der Waals surface area contributed by atoms with Crippen LogP contribution in [0.25, 0.3) is 0 Å². The van der Waals surface area contributed by atoms with E-state index in [4.69, 9.17) is 0 Å². The zero-order valence-electron chi connectivity index (χ0n) is 6.14. The summed E-state index contributed by atoms with van der Waals surface area (Å²) in [5, 5.41) is 0. The molecule has 1 rings (SSSR count). The summed E-state index contributed by atoms with van der Waals surface area (Å²) in [6, 6.07) is 4.41. The van der Waals surface area contributed by atoms with Gasteiger partial charge < -0.3 is 0 Å². The van der Waals surface area contributed by atoms with Gasteiger partial charge in [-0.2, -0.15) is 12.6 Å². The fourth-order valence-electron chi connectivity index (χ4n) is 0.726. The Morgan fingerprint density at radius 3 is 2.83 bits per heavy atom. The highest BCUT2D eigenvalue weighted by atomic mass is 79.9. The van der Waals surface area contributed by atoms with Crippen molar-refractivity contribution in [3.05, 3.63) is 34.1 Å². The van der Waals surface area contributed by atoms with Gasteiger partial charge >= 0.3 is 0 Å². The van der Waals surface area contributed by atoms with E-state index in [9.17, 15) is 4.39 Å². The number of benzene rings is 1. The molecule has 0 fully saturated rings. The Bertz CT molecular complexity index is 338. The molecule has 0 spiro atoms. The maximum absolute atomic E-state index is 12.6. The van der Waals surface area contributed by atoms with E-state index >= 15 is 0 Å². The molecule has 0 aliphatic carbocycles. The summed E-state index contributed by atoms with van der Waals surface area (Å²) in [6.45, 7) is 0. The maximum Gasteiger partial charge on any atom is 0.124 e. The second kappa shape index (κ2) is 4.54. The van der Waals surface area contributed by atoms with E-state index < -0.39 is 0 Å². The molecule has 0 heterocycles. The van der Waals surface area contributed by atoms with Crippen molar-refractivity contribution in [2.24, 2.45) is 0 Å². The van der Waals surface area contributed by atoms with Gasteiger partial charge in [0.2, 0.25) is 0 Å². The van der Waals surface area contributed by atoms with E-state index in [0.717, 1.165) is 5.56 Å². The molecule has 1 aromatic rings. The third-order valence-electron chi connectivity index (χ3n) is 1.23. The van der Waals surface area contributed by atoms with Gasteiger partial charge in [0.25, 0.3) is 0 Å². The first kappa shape index (κ1) is 9.63. The van der Waals surface area contributed by atoms with Crippen LogP contribution in [0.15, 0.2) is 22.7 Å². The molecule has 0 radical (unpaired) electrons. The average Bonchev–Trinajstić information content (AvgIpc) is 2.03. The van der Waals surface area contributed by atoms with Gasteiger partial charge in [-0.25, -0.2) is 4.39 Å². The van der Waals surface area contributed by atoms with Crippen molar-refractivity contribution < 1.29 is 4.39 Å². The SMILES string of the molecule is Fc1ccc(C#CCS)c(Br)c1. The van der Waals surface area contributed by atoms with E-state index in [2.05, 4.69) is 40.4 Å². The zero-order chi connectivity index (χ0) is 8.97. The first-order chi connectivity index (χ1) is 5.74. The molecular formula is C9H6BrFS. The summed E-state index contributed by atoms with van der Waals surface area (Å²) >= 11 is 7.15. The lowest BCUT2D eigenvalue weighted by molar-refractivity contribution is 0.627. The summed E-state index contributed by atoms with van der Waals surface area (Å²) < 4.78 is 13.3. The number of halogens is 2. The molecule has 0 bridgehead atoms. The Labute approximate surface area is 84.7 Å². The maximum atomic E-state index is 12.6. The van der Waals surface area contributed by atoms with Gasteiger partial charge in [0.05, 0.1) is 5.75 Å². The fraction of sp³-hybridized carbons (Fsp3) is 0.111. The van der Waals surface area contributed by atoms with Gasteiger partial charge in [0, 0.05) is 10.0 Å². The molecule has 0 saturated heterocycles. The number of thiol groups is 1. The van der Waals surface area contributed by atoms with Gasteiger partial charge in [0.1, 0.15) is 5.82 Å². The summed E-state index contributed by atoms with van der Waals surface area (Å²) in [5.74, 6) is 5.87. The summed E-state index contributed by atoms with van der Waals surface area (Å²) in [4.78, 5) is 0. The average molecular weight is 245 g/mol. The first-order valence-corrected chi connectivity index (χ1v) is 4.71. The lowest BCUT2D eigenvalue weighted by Crippen LogP contribution is -1.80. The topological polar surface area (TPSA) is 0 Å². The van der Waals surface area contributed by atoms with Crippen LogP contribution in [0.1, 0.15) is 5.56 Å². The minimum absolute atomic E-state index is 0.265. The second-order valence-electron chi connectivity index (χ2n) is 2.08. The quantitative estimate of drug-likeness (QED) is 0.527. The van der Waals surface area contributed by atoms with Crippen LogP contribution in [0.2, 0.25) is 0 Å². The van der Waals surface area contributed by atoms with Crippen molar-refractivity contribution in [3.63, 3.8) is 0 Å². The lowest BCUT2D eigenvalue weighted by atomic mass is 10.2. The largest absolute Gasteiger partial charge is 0.207 e. The van der Waals surface area contributed by atoms with Crippen LogP contribution >= 0.6 is 28.6 Å². The van der Waals surface area contributed by atoms with Gasteiger partial charge in [0.15, 0.2) is 0 Å². The van der Waals surface area contributed by atoms with E-state index in [1.165, 1.54) is 12.1 Å². The van der Waals surface area contributed by atoms with E-state index in [1.54, 1.807) is 6.07 Å². The molecule has 0 aromatic heterocycles. The Morgan fingerprint density at radius 1 is 1.50 bits per heavy atom. The molecule has 62 valence electrons. The van der Waals surface area contributed by atoms with Crippen LogP contribution in [0, 0.1) is 17.7 Å². The van der Waals surface area contributed by atoms with Gasteiger partial charge in [-0.1, -0.05) is 11.8 Å². The minimum Gasteiger partial charge on any atom is -0.207 e. The van der Waals surface area contributed by atoms with Crippen LogP contribution in [0.5, 0.6) is 0 Å². The van der Waals surface area contributed by atoms with Crippen LogP contribution in [-0.2, 0) is 0 Å². The van der Waals surface area contributed by atoms with E-state index in [-0.39, 0.29) is 5.82 Å². The van der Waals surface area contributed by atoms with Crippen molar-refractivity contribution in [1.29, 1.82) is 0 Å². The fourth-order valence-corrected chi connectivity index (χ4v) is 1.25. The molecule has 12 heavy (non-hydrogen) atoms. The van der Waals surface area contributed by atoms with Crippen molar-refractivity contribution in [1.82, 2.24) is 0 Å². The predicted molar refractivity (Wildman–Crippen MR) is 54.8 cm³/mol.